The van der Waals surface area contributed by atoms with Crippen molar-refractivity contribution in [3.05, 3.63) is 52.6 Å². The van der Waals surface area contributed by atoms with E-state index in [1.807, 2.05) is 0 Å². The zero-order valence-corrected chi connectivity index (χ0v) is 14.0. The highest BCUT2D eigenvalue weighted by Crippen LogP contribution is 2.30. The molecule has 0 aliphatic rings. The second-order valence-electron chi connectivity index (χ2n) is 5.04. The van der Waals surface area contributed by atoms with Crippen LogP contribution in [0.5, 0.6) is 17.2 Å². The predicted octanol–water partition coefficient (Wildman–Crippen LogP) is 3.02. The summed E-state index contributed by atoms with van der Waals surface area (Å²) in [6, 6.07) is 10.9. The van der Waals surface area contributed by atoms with Gasteiger partial charge in [0.15, 0.2) is 17.6 Å². The van der Waals surface area contributed by atoms with E-state index < -0.39 is 16.9 Å². The number of benzene rings is 2. The summed E-state index contributed by atoms with van der Waals surface area (Å²) in [5.74, 6) is 0.738. The molecule has 0 heterocycles. The van der Waals surface area contributed by atoms with Crippen LogP contribution in [-0.2, 0) is 4.79 Å². The Kier molecular flexibility index (Phi) is 5.78. The highest BCUT2D eigenvalue weighted by atomic mass is 16.6. The van der Waals surface area contributed by atoms with Crippen molar-refractivity contribution in [3.63, 3.8) is 0 Å². The van der Waals surface area contributed by atoms with Gasteiger partial charge in [0, 0.05) is 12.1 Å². The number of carbonyl (C=O) groups excluding carboxylic acids is 1. The van der Waals surface area contributed by atoms with Gasteiger partial charge in [-0.15, -0.1) is 0 Å². The number of nitro benzene ring substituents is 1. The van der Waals surface area contributed by atoms with Gasteiger partial charge >= 0.3 is 0 Å². The summed E-state index contributed by atoms with van der Waals surface area (Å²) < 4.78 is 15.9. The van der Waals surface area contributed by atoms with Crippen LogP contribution in [0.2, 0.25) is 0 Å². The SMILES string of the molecule is COc1ccc([N+](=O)[O-])cc1NC(=O)[C@H](C)Oc1ccccc1OC. The lowest BCUT2D eigenvalue weighted by molar-refractivity contribution is -0.384. The number of ether oxygens (including phenoxy) is 3. The predicted molar refractivity (Wildman–Crippen MR) is 91.4 cm³/mol. The molecule has 1 atom stereocenters. The second kappa shape index (κ2) is 8.00. The number of methoxy groups -OCH3 is 2. The fraction of sp³-hybridized carbons (Fsp3) is 0.235. The summed E-state index contributed by atoms with van der Waals surface area (Å²) in [6.07, 6.45) is -0.861. The highest BCUT2D eigenvalue weighted by molar-refractivity contribution is 5.95. The van der Waals surface area contributed by atoms with E-state index in [1.54, 1.807) is 31.2 Å². The van der Waals surface area contributed by atoms with Crippen molar-refractivity contribution in [2.24, 2.45) is 0 Å². The lowest BCUT2D eigenvalue weighted by Gasteiger charge is -2.17. The molecule has 132 valence electrons. The van der Waals surface area contributed by atoms with E-state index in [0.29, 0.717) is 17.2 Å². The Morgan fingerprint density at radius 1 is 1.08 bits per heavy atom. The number of nitro groups is 1. The van der Waals surface area contributed by atoms with Gasteiger partial charge < -0.3 is 19.5 Å². The Hall–Kier alpha value is -3.29. The zero-order chi connectivity index (χ0) is 18.4. The number of hydrogen-bond donors (Lipinski definition) is 1. The summed E-state index contributed by atoms with van der Waals surface area (Å²) in [6.45, 7) is 1.56. The molecular weight excluding hydrogens is 328 g/mol. The number of nitrogens with one attached hydrogen (secondary N) is 1. The molecule has 2 aromatic carbocycles. The zero-order valence-electron chi connectivity index (χ0n) is 14.0. The third-order valence-corrected chi connectivity index (χ3v) is 3.39. The Labute approximate surface area is 144 Å². The van der Waals surface area contributed by atoms with Gasteiger partial charge in [-0.2, -0.15) is 0 Å². The number of nitrogens with zero attached hydrogens (tertiary/aromatic N) is 1. The average Bonchev–Trinajstić information content (AvgIpc) is 2.61. The van der Waals surface area contributed by atoms with Crippen LogP contribution in [0.1, 0.15) is 6.92 Å². The fourth-order valence-electron chi connectivity index (χ4n) is 2.10. The molecule has 0 aliphatic carbocycles. The number of para-hydroxylation sites is 2. The third-order valence-electron chi connectivity index (χ3n) is 3.39. The topological polar surface area (TPSA) is 99.9 Å². The molecule has 0 fully saturated rings. The molecule has 0 saturated carbocycles. The first-order valence-corrected chi connectivity index (χ1v) is 7.39. The lowest BCUT2D eigenvalue weighted by Crippen LogP contribution is -2.30. The maximum Gasteiger partial charge on any atom is 0.271 e. The molecule has 1 amide bonds. The first kappa shape index (κ1) is 18.1. The van der Waals surface area contributed by atoms with Gasteiger partial charge in [0.25, 0.3) is 11.6 Å². The minimum atomic E-state index is -0.861. The van der Waals surface area contributed by atoms with Crippen molar-refractivity contribution in [2.75, 3.05) is 19.5 Å². The van der Waals surface area contributed by atoms with E-state index in [4.69, 9.17) is 14.2 Å². The smallest absolute Gasteiger partial charge is 0.271 e. The number of anilines is 1. The van der Waals surface area contributed by atoms with Gasteiger partial charge in [0.2, 0.25) is 0 Å². The van der Waals surface area contributed by atoms with E-state index >= 15 is 0 Å². The Bertz CT molecular complexity index is 777. The van der Waals surface area contributed by atoms with E-state index in [9.17, 15) is 14.9 Å². The quantitative estimate of drug-likeness (QED) is 0.611. The number of amides is 1. The number of carbonyl (C=O) groups is 1. The van der Waals surface area contributed by atoms with Crippen LogP contribution in [0.3, 0.4) is 0 Å². The second-order valence-corrected chi connectivity index (χ2v) is 5.04. The van der Waals surface area contributed by atoms with Crippen molar-refractivity contribution in [1.82, 2.24) is 0 Å². The van der Waals surface area contributed by atoms with Gasteiger partial charge in [0.05, 0.1) is 24.8 Å². The molecule has 2 rings (SSSR count). The van der Waals surface area contributed by atoms with Crippen molar-refractivity contribution in [3.8, 4) is 17.2 Å². The summed E-state index contributed by atoms with van der Waals surface area (Å²) in [5.41, 5.74) is 0.0339. The molecule has 1 N–H and O–H groups in total. The molecule has 25 heavy (non-hydrogen) atoms. The maximum absolute atomic E-state index is 12.4. The van der Waals surface area contributed by atoms with Gasteiger partial charge in [-0.3, -0.25) is 14.9 Å². The van der Waals surface area contributed by atoms with Crippen LogP contribution in [0.4, 0.5) is 11.4 Å². The largest absolute Gasteiger partial charge is 0.495 e. The van der Waals surface area contributed by atoms with Crippen molar-refractivity contribution in [1.29, 1.82) is 0 Å². The van der Waals surface area contributed by atoms with Gasteiger partial charge in [-0.05, 0) is 25.1 Å². The van der Waals surface area contributed by atoms with Crippen LogP contribution >= 0.6 is 0 Å². The molecule has 0 bridgehead atoms. The molecule has 0 aromatic heterocycles. The molecule has 8 nitrogen and oxygen atoms in total. The molecule has 0 spiro atoms. The van der Waals surface area contributed by atoms with Gasteiger partial charge in [-0.1, -0.05) is 12.1 Å². The maximum atomic E-state index is 12.4. The molecule has 2 aromatic rings. The summed E-state index contributed by atoms with van der Waals surface area (Å²) in [7, 11) is 2.91. The molecule has 0 saturated heterocycles. The van der Waals surface area contributed by atoms with Crippen LogP contribution in [0.15, 0.2) is 42.5 Å². The average molecular weight is 346 g/mol. The summed E-state index contributed by atoms with van der Waals surface area (Å²) in [4.78, 5) is 22.7. The Morgan fingerprint density at radius 2 is 1.72 bits per heavy atom. The van der Waals surface area contributed by atoms with Crippen molar-refractivity contribution in [2.45, 2.75) is 13.0 Å². The van der Waals surface area contributed by atoms with Crippen LogP contribution < -0.4 is 19.5 Å². The number of hydrogen-bond acceptors (Lipinski definition) is 6. The minimum Gasteiger partial charge on any atom is -0.495 e. The van der Waals surface area contributed by atoms with Crippen LogP contribution in [0, 0.1) is 10.1 Å². The monoisotopic (exact) mass is 346 g/mol. The standard InChI is InChI=1S/C17H18N2O6/c1-11(25-16-7-5-4-6-15(16)24-3)17(20)18-13-10-12(19(21)22)8-9-14(13)23-2/h4-11H,1-3H3,(H,18,20)/t11-/m0/s1. The first-order valence-electron chi connectivity index (χ1n) is 7.39. The first-order chi connectivity index (χ1) is 12.0. The Balaban J connectivity index is 2.15. The van der Waals surface area contributed by atoms with E-state index in [1.165, 1.54) is 32.4 Å². The Morgan fingerprint density at radius 3 is 2.32 bits per heavy atom. The van der Waals surface area contributed by atoms with Crippen molar-refractivity contribution < 1.29 is 23.9 Å². The molecule has 0 unspecified atom stereocenters. The van der Waals surface area contributed by atoms with Crippen molar-refractivity contribution >= 4 is 17.3 Å². The number of rotatable bonds is 7. The van der Waals surface area contributed by atoms with Crippen LogP contribution in [-0.4, -0.2) is 31.2 Å². The normalized spacial score (nSPS) is 11.3. The highest BCUT2D eigenvalue weighted by Gasteiger charge is 2.20. The molecule has 8 heteroatoms. The van der Waals surface area contributed by atoms with Gasteiger partial charge in [-0.25, -0.2) is 0 Å². The number of non-ortho nitro benzene ring substituents is 1. The molecule has 0 aliphatic heterocycles. The van der Waals surface area contributed by atoms with Crippen LogP contribution in [0.25, 0.3) is 0 Å². The van der Waals surface area contributed by atoms with E-state index in [2.05, 4.69) is 5.32 Å². The molecular formula is C17H18N2O6. The van der Waals surface area contributed by atoms with Gasteiger partial charge in [0.1, 0.15) is 5.75 Å². The van der Waals surface area contributed by atoms with E-state index in [-0.39, 0.29) is 11.4 Å². The summed E-state index contributed by atoms with van der Waals surface area (Å²) >= 11 is 0. The van der Waals surface area contributed by atoms with E-state index in [0.717, 1.165) is 0 Å². The fourth-order valence-corrected chi connectivity index (χ4v) is 2.10. The molecule has 0 radical (unpaired) electrons. The summed E-state index contributed by atoms with van der Waals surface area (Å²) in [5, 5.41) is 13.5. The lowest BCUT2D eigenvalue weighted by atomic mass is 10.2. The third kappa shape index (κ3) is 4.37. The minimum absolute atomic E-state index is 0.158.